The fraction of sp³-hybridized carbons (Fsp3) is 0.0870. The maximum atomic E-state index is 12.9. The molecule has 1 aliphatic rings. The number of hydrogen-bond donors (Lipinski definition) is 2. The second kappa shape index (κ2) is 8.41. The lowest BCUT2D eigenvalue weighted by atomic mass is 10.0. The highest BCUT2D eigenvalue weighted by molar-refractivity contribution is 8.26. The molecule has 0 spiro atoms. The van der Waals surface area contributed by atoms with Crippen molar-refractivity contribution in [2.24, 2.45) is 0 Å². The lowest BCUT2D eigenvalue weighted by molar-refractivity contribution is -0.121. The molecule has 0 atom stereocenters. The van der Waals surface area contributed by atoms with Crippen LogP contribution < -0.4 is 5.43 Å². The molecule has 8 heteroatoms. The molecule has 1 aromatic heterocycles. The van der Waals surface area contributed by atoms with E-state index in [0.29, 0.717) is 16.4 Å². The summed E-state index contributed by atoms with van der Waals surface area (Å²) in [7, 11) is 0. The number of furan rings is 1. The molecule has 6 nitrogen and oxygen atoms in total. The molecule has 2 N–H and O–H groups in total. The zero-order chi connectivity index (χ0) is 22.1. The number of thiocarbonyl (C=S) groups is 1. The summed E-state index contributed by atoms with van der Waals surface area (Å²) in [4.78, 5) is 24.7. The van der Waals surface area contributed by atoms with E-state index in [1.165, 1.54) is 16.6 Å². The Morgan fingerprint density at radius 3 is 2.68 bits per heavy atom. The Kier molecular flexibility index (Phi) is 5.67. The molecule has 0 unspecified atom stereocenters. The van der Waals surface area contributed by atoms with E-state index in [2.05, 4.69) is 11.5 Å². The zero-order valence-electron chi connectivity index (χ0n) is 16.7. The fourth-order valence-corrected chi connectivity index (χ4v) is 4.41. The number of hydrazine groups is 1. The summed E-state index contributed by atoms with van der Waals surface area (Å²) < 4.78 is 6.21. The first kappa shape index (κ1) is 20.9. The van der Waals surface area contributed by atoms with Crippen LogP contribution in [0.4, 0.5) is 5.69 Å². The van der Waals surface area contributed by atoms with Gasteiger partial charge < -0.3 is 9.52 Å². The van der Waals surface area contributed by atoms with Gasteiger partial charge in [-0.15, -0.1) is 0 Å². The molecule has 1 aliphatic heterocycles. The summed E-state index contributed by atoms with van der Waals surface area (Å²) in [6.07, 6.45) is 1.64. The van der Waals surface area contributed by atoms with Crippen LogP contribution >= 0.6 is 24.0 Å². The Morgan fingerprint density at radius 1 is 1.16 bits per heavy atom. The Bertz CT molecular complexity index is 1250. The average molecular weight is 451 g/mol. The predicted octanol–water partition coefficient (Wildman–Crippen LogP) is 5.49. The summed E-state index contributed by atoms with van der Waals surface area (Å²) >= 11 is 6.44. The van der Waals surface area contributed by atoms with E-state index in [1.54, 1.807) is 30.3 Å². The van der Waals surface area contributed by atoms with Gasteiger partial charge in [-0.25, -0.2) is 9.80 Å². The standard InChI is InChI=1S/C23H18N2O4S2/c1-13-7-9-16(14(2)11-13)19-10-8-15(29-19)12-20-21(26)25(23(30)31-20)24-18-6-4-3-5-17(18)22(27)28/h3-12,24H,1-2H3,(H,27,28)/b20-12+. The second-order valence-corrected chi connectivity index (χ2v) is 8.68. The largest absolute Gasteiger partial charge is 0.478 e. The van der Waals surface area contributed by atoms with Crippen molar-refractivity contribution in [3.63, 3.8) is 0 Å². The molecule has 156 valence electrons. The van der Waals surface area contributed by atoms with Gasteiger partial charge in [-0.2, -0.15) is 0 Å². The van der Waals surface area contributed by atoms with E-state index in [9.17, 15) is 14.7 Å². The lowest BCUT2D eigenvalue weighted by Crippen LogP contribution is -2.34. The van der Waals surface area contributed by atoms with Crippen molar-refractivity contribution in [3.8, 4) is 11.3 Å². The summed E-state index contributed by atoms with van der Waals surface area (Å²) in [6, 6.07) is 16.1. The normalized spacial score (nSPS) is 15.0. The van der Waals surface area contributed by atoms with Crippen molar-refractivity contribution in [2.45, 2.75) is 13.8 Å². The molecule has 0 saturated carbocycles. The van der Waals surface area contributed by atoms with Crippen molar-refractivity contribution in [1.29, 1.82) is 0 Å². The minimum absolute atomic E-state index is 0.0460. The number of aryl methyl sites for hydroxylation is 2. The van der Waals surface area contributed by atoms with Crippen LogP contribution in [0.5, 0.6) is 0 Å². The molecule has 0 radical (unpaired) electrons. The summed E-state index contributed by atoms with van der Waals surface area (Å²) in [6.45, 7) is 4.06. The minimum atomic E-state index is -1.10. The summed E-state index contributed by atoms with van der Waals surface area (Å²) in [5.74, 6) is -0.229. The number of rotatable bonds is 5. The molecule has 31 heavy (non-hydrogen) atoms. The number of amides is 1. The number of anilines is 1. The number of benzene rings is 2. The first-order chi connectivity index (χ1) is 14.8. The summed E-state index contributed by atoms with van der Waals surface area (Å²) in [5, 5.41) is 10.5. The molecule has 0 bridgehead atoms. The number of nitrogens with one attached hydrogen (secondary N) is 1. The van der Waals surface area contributed by atoms with E-state index >= 15 is 0 Å². The van der Waals surface area contributed by atoms with Crippen LogP contribution in [-0.2, 0) is 4.79 Å². The number of thioether (sulfide) groups is 1. The number of hydrogen-bond acceptors (Lipinski definition) is 6. The maximum Gasteiger partial charge on any atom is 0.337 e. The van der Waals surface area contributed by atoms with Crippen LogP contribution in [-0.4, -0.2) is 26.3 Å². The monoisotopic (exact) mass is 450 g/mol. The Morgan fingerprint density at radius 2 is 1.94 bits per heavy atom. The predicted molar refractivity (Wildman–Crippen MR) is 126 cm³/mol. The third-order valence-corrected chi connectivity index (χ3v) is 6.03. The SMILES string of the molecule is Cc1ccc(-c2ccc(/C=C3/SC(=S)N(Nc4ccccc4C(=O)O)C3=O)o2)c(C)c1. The third-order valence-electron chi connectivity index (χ3n) is 4.73. The van der Waals surface area contributed by atoms with Gasteiger partial charge in [0.05, 0.1) is 16.2 Å². The topological polar surface area (TPSA) is 82.8 Å². The number of para-hydroxylation sites is 1. The van der Waals surface area contributed by atoms with Crippen LogP contribution in [0, 0.1) is 13.8 Å². The van der Waals surface area contributed by atoms with Crippen molar-refractivity contribution >= 4 is 51.9 Å². The van der Waals surface area contributed by atoms with Gasteiger partial charge in [0.25, 0.3) is 5.91 Å². The van der Waals surface area contributed by atoms with Gasteiger partial charge in [0, 0.05) is 11.6 Å². The average Bonchev–Trinajstić information content (AvgIpc) is 3.28. The van der Waals surface area contributed by atoms with Gasteiger partial charge in [-0.05, 0) is 55.9 Å². The minimum Gasteiger partial charge on any atom is -0.478 e. The van der Waals surface area contributed by atoms with Crippen molar-refractivity contribution < 1.29 is 19.1 Å². The van der Waals surface area contributed by atoms with Crippen LogP contribution in [0.25, 0.3) is 17.4 Å². The van der Waals surface area contributed by atoms with E-state index in [0.717, 1.165) is 22.9 Å². The Labute approximate surface area is 188 Å². The van der Waals surface area contributed by atoms with E-state index in [4.69, 9.17) is 16.6 Å². The third kappa shape index (κ3) is 4.26. The van der Waals surface area contributed by atoms with Gasteiger partial charge in [0.15, 0.2) is 4.32 Å². The zero-order valence-corrected chi connectivity index (χ0v) is 18.3. The molecule has 1 saturated heterocycles. The first-order valence-electron chi connectivity index (χ1n) is 9.38. The number of carbonyl (C=O) groups is 2. The number of nitrogens with zero attached hydrogens (tertiary/aromatic N) is 1. The Hall–Kier alpha value is -3.36. The summed E-state index contributed by atoms with van der Waals surface area (Å²) in [5.41, 5.74) is 6.42. The van der Waals surface area contributed by atoms with Gasteiger partial charge in [-0.1, -0.05) is 47.7 Å². The maximum absolute atomic E-state index is 12.9. The van der Waals surface area contributed by atoms with Crippen LogP contribution in [0.1, 0.15) is 27.2 Å². The number of carboxylic acid groups (broad SMARTS) is 1. The van der Waals surface area contributed by atoms with Gasteiger partial charge >= 0.3 is 5.97 Å². The molecule has 2 aromatic carbocycles. The van der Waals surface area contributed by atoms with Gasteiger partial charge in [0.1, 0.15) is 11.5 Å². The Balaban J connectivity index is 1.57. The molecule has 3 aromatic rings. The van der Waals surface area contributed by atoms with Gasteiger partial charge in [0.2, 0.25) is 0 Å². The molecule has 1 fully saturated rings. The van der Waals surface area contributed by atoms with Crippen molar-refractivity contribution in [3.05, 3.63) is 82.0 Å². The fourth-order valence-electron chi connectivity index (χ4n) is 3.25. The number of carboxylic acids is 1. The highest BCUT2D eigenvalue weighted by Crippen LogP contribution is 2.34. The van der Waals surface area contributed by atoms with Crippen molar-refractivity contribution in [1.82, 2.24) is 5.01 Å². The molecule has 1 amide bonds. The van der Waals surface area contributed by atoms with Crippen LogP contribution in [0.15, 0.2) is 63.9 Å². The molecular weight excluding hydrogens is 432 g/mol. The lowest BCUT2D eigenvalue weighted by Gasteiger charge is -2.18. The highest BCUT2D eigenvalue weighted by atomic mass is 32.2. The van der Waals surface area contributed by atoms with Crippen LogP contribution in [0.2, 0.25) is 0 Å². The van der Waals surface area contributed by atoms with Gasteiger partial charge in [-0.3, -0.25) is 10.2 Å². The number of aromatic carboxylic acids is 1. The van der Waals surface area contributed by atoms with E-state index in [-0.39, 0.29) is 21.5 Å². The quantitative estimate of drug-likeness (QED) is 0.393. The second-order valence-electron chi connectivity index (χ2n) is 7.00. The number of carbonyl (C=O) groups excluding carboxylic acids is 1. The molecule has 0 aliphatic carbocycles. The van der Waals surface area contributed by atoms with Crippen molar-refractivity contribution in [2.75, 3.05) is 5.43 Å². The smallest absolute Gasteiger partial charge is 0.337 e. The highest BCUT2D eigenvalue weighted by Gasteiger charge is 2.33. The molecule has 2 heterocycles. The van der Waals surface area contributed by atoms with E-state index < -0.39 is 5.97 Å². The first-order valence-corrected chi connectivity index (χ1v) is 10.6. The van der Waals surface area contributed by atoms with Crippen LogP contribution in [0.3, 0.4) is 0 Å². The van der Waals surface area contributed by atoms with E-state index in [1.807, 2.05) is 32.0 Å². The molecular formula is C23H18N2O4S2. The molecule has 4 rings (SSSR count).